The molecule has 182 valence electrons. The lowest BCUT2D eigenvalue weighted by molar-refractivity contribution is 0.0845. The molecule has 3 heterocycles. The van der Waals surface area contributed by atoms with Gasteiger partial charge in [0.25, 0.3) is 0 Å². The van der Waals surface area contributed by atoms with Crippen molar-refractivity contribution in [3.05, 3.63) is 47.5 Å². The van der Waals surface area contributed by atoms with Gasteiger partial charge >= 0.3 is 0 Å². The Morgan fingerprint density at radius 1 is 0.970 bits per heavy atom. The van der Waals surface area contributed by atoms with E-state index in [4.69, 9.17) is 18.9 Å². The second-order valence-corrected chi connectivity index (χ2v) is 8.67. The Hall–Kier alpha value is -1.86. The van der Waals surface area contributed by atoms with Crippen molar-refractivity contribution < 1.29 is 18.9 Å². The van der Waals surface area contributed by atoms with E-state index >= 15 is 0 Å². The molecule has 3 aliphatic heterocycles. The molecule has 1 fully saturated rings. The number of methoxy groups -OCH3 is 1. The zero-order chi connectivity index (χ0) is 21.0. The molecule has 0 aliphatic carbocycles. The molecule has 0 N–H and O–H groups in total. The van der Waals surface area contributed by atoms with Gasteiger partial charge in [-0.3, -0.25) is 4.90 Å². The smallest absolute Gasteiger partial charge is 0.231 e. The fraction of sp³-hybridized carbons (Fsp3) is 0.520. The molecule has 1 atom stereocenters. The Bertz CT molecular complexity index is 914. The minimum Gasteiger partial charge on any atom is -0.497 e. The topological polar surface area (TPSA) is 43.4 Å². The molecule has 0 aromatic heterocycles. The van der Waals surface area contributed by atoms with Crippen LogP contribution >= 0.6 is 24.8 Å². The van der Waals surface area contributed by atoms with Crippen LogP contribution in [-0.2, 0) is 13.0 Å². The molecule has 0 bridgehead atoms. The van der Waals surface area contributed by atoms with E-state index in [0.29, 0.717) is 12.8 Å². The second-order valence-electron chi connectivity index (χ2n) is 8.67. The van der Waals surface area contributed by atoms with Gasteiger partial charge in [0.1, 0.15) is 11.5 Å². The van der Waals surface area contributed by atoms with Crippen LogP contribution in [0, 0.1) is 0 Å². The van der Waals surface area contributed by atoms with Crippen LogP contribution in [0.2, 0.25) is 0 Å². The normalized spacial score (nSPS) is 19.7. The van der Waals surface area contributed by atoms with Gasteiger partial charge in [-0.05, 0) is 67.6 Å². The molecule has 2 aromatic carbocycles. The second kappa shape index (κ2) is 12.0. The third-order valence-electron chi connectivity index (χ3n) is 6.68. The van der Waals surface area contributed by atoms with Gasteiger partial charge in [-0.2, -0.15) is 0 Å². The highest BCUT2D eigenvalue weighted by molar-refractivity contribution is 5.85. The molecule has 8 heteroatoms. The van der Waals surface area contributed by atoms with Crippen LogP contribution in [0.3, 0.4) is 0 Å². The van der Waals surface area contributed by atoms with Crippen molar-refractivity contribution in [1.29, 1.82) is 0 Å². The number of benzene rings is 2. The SMILES string of the molecule is COc1ccc2c(c1)CCN(C1CCCN(CCCOc3ccc4c(c3)OCO4)C1)C2.Cl.Cl. The summed E-state index contributed by atoms with van der Waals surface area (Å²) in [5.41, 5.74) is 2.91. The van der Waals surface area contributed by atoms with Gasteiger partial charge in [-0.25, -0.2) is 0 Å². The third kappa shape index (κ3) is 6.18. The Morgan fingerprint density at radius 3 is 2.70 bits per heavy atom. The molecule has 2 aromatic rings. The van der Waals surface area contributed by atoms with E-state index in [1.165, 1.54) is 30.5 Å². The van der Waals surface area contributed by atoms with Gasteiger partial charge < -0.3 is 23.8 Å². The summed E-state index contributed by atoms with van der Waals surface area (Å²) in [6.45, 7) is 6.67. The molecule has 5 rings (SSSR count). The summed E-state index contributed by atoms with van der Waals surface area (Å²) in [5, 5.41) is 0. The maximum Gasteiger partial charge on any atom is 0.231 e. The number of hydrogen-bond acceptors (Lipinski definition) is 6. The molecule has 0 amide bonds. The van der Waals surface area contributed by atoms with Crippen LogP contribution < -0.4 is 18.9 Å². The van der Waals surface area contributed by atoms with Gasteiger partial charge in [0, 0.05) is 38.3 Å². The van der Waals surface area contributed by atoms with Crippen LogP contribution in [0.5, 0.6) is 23.0 Å². The van der Waals surface area contributed by atoms with Gasteiger partial charge in [-0.15, -0.1) is 24.8 Å². The minimum atomic E-state index is 0. The summed E-state index contributed by atoms with van der Waals surface area (Å²) < 4.78 is 22.1. The molecular weight excluding hydrogens is 463 g/mol. The first-order valence-corrected chi connectivity index (χ1v) is 11.4. The summed E-state index contributed by atoms with van der Waals surface area (Å²) in [7, 11) is 1.74. The first-order chi connectivity index (χ1) is 15.3. The zero-order valence-electron chi connectivity index (χ0n) is 19.2. The van der Waals surface area contributed by atoms with E-state index < -0.39 is 0 Å². The highest BCUT2D eigenvalue weighted by atomic mass is 35.5. The number of likely N-dealkylation sites (tertiary alicyclic amines) is 1. The number of rotatable bonds is 7. The molecule has 6 nitrogen and oxygen atoms in total. The van der Waals surface area contributed by atoms with Crippen molar-refractivity contribution in [2.45, 2.75) is 38.3 Å². The van der Waals surface area contributed by atoms with Crippen molar-refractivity contribution in [2.24, 2.45) is 0 Å². The lowest BCUT2D eigenvalue weighted by Gasteiger charge is -2.41. The Balaban J connectivity index is 0.00000153. The van der Waals surface area contributed by atoms with E-state index in [0.717, 1.165) is 68.6 Å². The first-order valence-electron chi connectivity index (χ1n) is 11.4. The average molecular weight is 497 g/mol. The lowest BCUT2D eigenvalue weighted by atomic mass is 9.95. The Morgan fingerprint density at radius 2 is 1.82 bits per heavy atom. The summed E-state index contributed by atoms with van der Waals surface area (Å²) in [6, 6.07) is 13.0. The Labute approximate surface area is 208 Å². The van der Waals surface area contributed by atoms with Crippen molar-refractivity contribution in [2.75, 3.05) is 46.7 Å². The standard InChI is InChI=1S/C25H32N2O4.2ClH/c1-28-22-6-5-20-16-27(12-9-19(20)14-22)21-4-2-10-26(17-21)11-3-13-29-23-7-8-24-25(15-23)31-18-30-24;;/h5-8,14-15,21H,2-4,9-13,16-18H2,1H3;2*1H. The van der Waals surface area contributed by atoms with Crippen LogP contribution in [0.15, 0.2) is 36.4 Å². The predicted molar refractivity (Wildman–Crippen MR) is 134 cm³/mol. The van der Waals surface area contributed by atoms with Crippen LogP contribution in [0.25, 0.3) is 0 Å². The van der Waals surface area contributed by atoms with Crippen LogP contribution in [0.1, 0.15) is 30.4 Å². The average Bonchev–Trinajstić information content (AvgIpc) is 3.29. The van der Waals surface area contributed by atoms with Gasteiger partial charge in [0.05, 0.1) is 13.7 Å². The predicted octanol–water partition coefficient (Wildman–Crippen LogP) is 4.56. The monoisotopic (exact) mass is 496 g/mol. The van der Waals surface area contributed by atoms with Crippen LogP contribution in [0.4, 0.5) is 0 Å². The minimum absolute atomic E-state index is 0. The number of ether oxygens (including phenoxy) is 4. The summed E-state index contributed by atoms with van der Waals surface area (Å²) in [4.78, 5) is 5.30. The number of piperidine rings is 1. The largest absolute Gasteiger partial charge is 0.497 e. The van der Waals surface area contributed by atoms with Crippen molar-refractivity contribution in [1.82, 2.24) is 9.80 Å². The maximum atomic E-state index is 5.94. The zero-order valence-corrected chi connectivity index (χ0v) is 20.8. The maximum absolute atomic E-state index is 5.94. The van der Waals surface area contributed by atoms with E-state index in [1.54, 1.807) is 7.11 Å². The van der Waals surface area contributed by atoms with Crippen molar-refractivity contribution in [3.63, 3.8) is 0 Å². The van der Waals surface area contributed by atoms with E-state index in [-0.39, 0.29) is 24.8 Å². The van der Waals surface area contributed by atoms with Crippen molar-refractivity contribution in [3.8, 4) is 23.0 Å². The number of nitrogens with zero attached hydrogens (tertiary/aromatic N) is 2. The Kier molecular flexibility index (Phi) is 9.38. The first kappa shape index (κ1) is 25.8. The summed E-state index contributed by atoms with van der Waals surface area (Å²) >= 11 is 0. The van der Waals surface area contributed by atoms with Gasteiger partial charge in [0.2, 0.25) is 6.79 Å². The molecule has 0 radical (unpaired) electrons. The molecule has 3 aliphatic rings. The molecule has 1 saturated heterocycles. The number of hydrogen-bond donors (Lipinski definition) is 0. The van der Waals surface area contributed by atoms with E-state index in [2.05, 4.69) is 28.0 Å². The highest BCUT2D eigenvalue weighted by Gasteiger charge is 2.28. The fourth-order valence-electron chi connectivity index (χ4n) is 4.97. The molecule has 0 spiro atoms. The number of halogens is 2. The quantitative estimate of drug-likeness (QED) is 0.523. The fourth-order valence-corrected chi connectivity index (χ4v) is 4.97. The van der Waals surface area contributed by atoms with E-state index in [1.807, 2.05) is 18.2 Å². The number of fused-ring (bicyclic) bond motifs is 2. The van der Waals surface area contributed by atoms with Gasteiger partial charge in [0.15, 0.2) is 11.5 Å². The molecule has 33 heavy (non-hydrogen) atoms. The molecule has 0 saturated carbocycles. The third-order valence-corrected chi connectivity index (χ3v) is 6.68. The lowest BCUT2D eigenvalue weighted by Crippen LogP contribution is -2.49. The van der Waals surface area contributed by atoms with E-state index in [9.17, 15) is 0 Å². The van der Waals surface area contributed by atoms with Crippen LogP contribution in [-0.4, -0.2) is 62.5 Å². The highest BCUT2D eigenvalue weighted by Crippen LogP contribution is 2.35. The summed E-state index contributed by atoms with van der Waals surface area (Å²) in [6.07, 6.45) is 4.73. The summed E-state index contributed by atoms with van der Waals surface area (Å²) in [5.74, 6) is 3.40. The molecule has 1 unspecified atom stereocenters. The van der Waals surface area contributed by atoms with Gasteiger partial charge in [-0.1, -0.05) is 6.07 Å². The van der Waals surface area contributed by atoms with Crippen molar-refractivity contribution >= 4 is 24.8 Å². The molecular formula is C25H34Cl2N2O4.